The molecule has 3 aromatic heterocycles. The van der Waals surface area contributed by atoms with Gasteiger partial charge in [0.1, 0.15) is 5.69 Å². The molecule has 1 aliphatic rings. The largest absolute Gasteiger partial charge is 0.382 e. The van der Waals surface area contributed by atoms with E-state index in [1.807, 2.05) is 31.2 Å². The van der Waals surface area contributed by atoms with Crippen molar-refractivity contribution in [1.29, 1.82) is 0 Å². The fraction of sp³-hybridized carbons (Fsp3) is 0.227. The molecule has 0 saturated carbocycles. The molecule has 0 saturated heterocycles. The Morgan fingerprint density at radius 2 is 2.10 bits per heavy atom. The lowest BCUT2D eigenvalue weighted by atomic mass is 10.1. The highest BCUT2D eigenvalue weighted by molar-refractivity contribution is 7.20. The van der Waals surface area contributed by atoms with Gasteiger partial charge in [0.2, 0.25) is 0 Å². The Morgan fingerprint density at radius 1 is 1.21 bits per heavy atom. The van der Waals surface area contributed by atoms with Gasteiger partial charge in [0, 0.05) is 39.5 Å². The molecule has 5 nitrogen and oxygen atoms in total. The van der Waals surface area contributed by atoms with Crippen molar-refractivity contribution in [3.63, 3.8) is 0 Å². The highest BCUT2D eigenvalue weighted by atomic mass is 32.1. The first-order valence-corrected chi connectivity index (χ1v) is 10.4. The van der Waals surface area contributed by atoms with E-state index in [9.17, 15) is 4.39 Å². The summed E-state index contributed by atoms with van der Waals surface area (Å²) < 4.78 is 15.6. The fourth-order valence-electron chi connectivity index (χ4n) is 3.68. The van der Waals surface area contributed by atoms with Crippen molar-refractivity contribution >= 4 is 44.1 Å². The zero-order chi connectivity index (χ0) is 20.0. The number of allylic oxidation sites excluding steroid dienone is 1. The summed E-state index contributed by atoms with van der Waals surface area (Å²) in [6, 6.07) is 8.37. The number of benzene rings is 1. The van der Waals surface area contributed by atoms with E-state index < -0.39 is 5.82 Å². The van der Waals surface area contributed by atoms with E-state index in [1.165, 1.54) is 26.8 Å². The Hall–Kier alpha value is -2.90. The van der Waals surface area contributed by atoms with Crippen LogP contribution in [0.3, 0.4) is 0 Å². The Labute approximate surface area is 171 Å². The van der Waals surface area contributed by atoms with Gasteiger partial charge in [0.25, 0.3) is 0 Å². The average molecular weight is 406 g/mol. The normalized spacial score (nSPS) is 16.9. The van der Waals surface area contributed by atoms with Gasteiger partial charge in [-0.15, -0.1) is 11.3 Å². The molecule has 1 aromatic carbocycles. The number of rotatable bonds is 2. The van der Waals surface area contributed by atoms with Crippen LogP contribution in [-0.2, 0) is 6.54 Å². The molecule has 0 radical (unpaired) electrons. The second-order valence-corrected chi connectivity index (χ2v) is 8.33. The Bertz CT molecular complexity index is 1260. The minimum absolute atomic E-state index is 0.218. The molecule has 0 fully saturated rings. The van der Waals surface area contributed by atoms with Crippen LogP contribution in [0.4, 0.5) is 10.1 Å². The van der Waals surface area contributed by atoms with Gasteiger partial charge in [-0.1, -0.05) is 6.08 Å². The summed E-state index contributed by atoms with van der Waals surface area (Å²) in [6.45, 7) is 5.78. The summed E-state index contributed by atoms with van der Waals surface area (Å²) in [5, 5.41) is 9.39. The highest BCUT2D eigenvalue weighted by Crippen LogP contribution is 2.41. The molecule has 4 aromatic rings. The van der Waals surface area contributed by atoms with E-state index in [0.717, 1.165) is 24.0 Å². The van der Waals surface area contributed by atoms with Crippen LogP contribution in [0.2, 0.25) is 0 Å². The number of nitrogens with zero attached hydrogens (tertiary/aromatic N) is 3. The van der Waals surface area contributed by atoms with Crippen LogP contribution in [0.5, 0.6) is 0 Å². The molecule has 0 bridgehead atoms. The van der Waals surface area contributed by atoms with Gasteiger partial charge in [0.05, 0.1) is 23.1 Å². The molecular weight excluding hydrogens is 385 g/mol. The molecule has 0 spiro atoms. The van der Waals surface area contributed by atoms with Gasteiger partial charge in [-0.25, -0.2) is 19.3 Å². The van der Waals surface area contributed by atoms with Crippen LogP contribution < -0.4 is 10.6 Å². The number of halogens is 1. The molecule has 5 rings (SSSR count). The molecule has 0 unspecified atom stereocenters. The molecule has 4 heterocycles. The quantitative estimate of drug-likeness (QED) is 0.492. The van der Waals surface area contributed by atoms with Crippen molar-refractivity contribution in [3.05, 3.63) is 53.1 Å². The SMILES string of the molecule is C/C=C\c1ncc(F)c(-c2ccc3c(ccc4sc5c(c43)NC[C@@H](C)NC5)n2)n1. The molecule has 146 valence electrons. The summed E-state index contributed by atoms with van der Waals surface area (Å²) in [5.74, 6) is -0.00691. The first-order chi connectivity index (χ1) is 14.1. The maximum absolute atomic E-state index is 14.4. The minimum atomic E-state index is -0.475. The molecule has 1 atom stereocenters. The van der Waals surface area contributed by atoms with Gasteiger partial charge in [-0.2, -0.15) is 0 Å². The summed E-state index contributed by atoms with van der Waals surface area (Å²) >= 11 is 1.80. The van der Waals surface area contributed by atoms with Gasteiger partial charge < -0.3 is 10.6 Å². The third kappa shape index (κ3) is 3.16. The van der Waals surface area contributed by atoms with E-state index in [4.69, 9.17) is 4.98 Å². The minimum Gasteiger partial charge on any atom is -0.382 e. The number of fused-ring (bicyclic) bond motifs is 5. The van der Waals surface area contributed by atoms with Crippen LogP contribution in [0.25, 0.3) is 38.5 Å². The van der Waals surface area contributed by atoms with E-state index in [2.05, 4.69) is 33.6 Å². The van der Waals surface area contributed by atoms with Crippen molar-refractivity contribution in [2.24, 2.45) is 0 Å². The third-order valence-electron chi connectivity index (χ3n) is 5.11. The van der Waals surface area contributed by atoms with Crippen molar-refractivity contribution in [2.75, 3.05) is 11.9 Å². The van der Waals surface area contributed by atoms with Gasteiger partial charge in [-0.05, 0) is 44.2 Å². The lowest BCUT2D eigenvalue weighted by Crippen LogP contribution is -2.29. The Balaban J connectivity index is 1.67. The van der Waals surface area contributed by atoms with Crippen LogP contribution in [0.15, 0.2) is 36.5 Å². The predicted octanol–water partition coefficient (Wildman–Crippen LogP) is 4.98. The predicted molar refractivity (Wildman–Crippen MR) is 118 cm³/mol. The lowest BCUT2D eigenvalue weighted by Gasteiger charge is -2.10. The number of aromatic nitrogens is 3. The monoisotopic (exact) mass is 405 g/mol. The van der Waals surface area contributed by atoms with E-state index >= 15 is 0 Å². The first-order valence-electron chi connectivity index (χ1n) is 9.62. The lowest BCUT2D eigenvalue weighted by molar-refractivity contribution is 0.584. The van der Waals surface area contributed by atoms with Crippen molar-refractivity contribution < 1.29 is 4.39 Å². The molecule has 0 aliphatic carbocycles. The van der Waals surface area contributed by atoms with Gasteiger partial charge in [-0.3, -0.25) is 0 Å². The Kier molecular flexibility index (Phi) is 4.49. The van der Waals surface area contributed by atoms with Crippen molar-refractivity contribution in [2.45, 2.75) is 26.4 Å². The number of pyridine rings is 1. The van der Waals surface area contributed by atoms with E-state index in [-0.39, 0.29) is 5.69 Å². The van der Waals surface area contributed by atoms with Crippen molar-refractivity contribution in [3.8, 4) is 11.4 Å². The summed E-state index contributed by atoms with van der Waals surface area (Å²) in [4.78, 5) is 14.4. The molecule has 0 amide bonds. The molecule has 1 aliphatic heterocycles. The Morgan fingerprint density at radius 3 is 2.97 bits per heavy atom. The van der Waals surface area contributed by atoms with Crippen LogP contribution >= 0.6 is 11.3 Å². The molecule has 2 N–H and O–H groups in total. The smallest absolute Gasteiger partial charge is 0.169 e. The van der Waals surface area contributed by atoms with Crippen molar-refractivity contribution in [1.82, 2.24) is 20.3 Å². The topological polar surface area (TPSA) is 62.7 Å². The zero-order valence-electron chi connectivity index (χ0n) is 16.2. The van der Waals surface area contributed by atoms with Gasteiger partial charge in [0.15, 0.2) is 11.6 Å². The molecule has 7 heteroatoms. The highest BCUT2D eigenvalue weighted by Gasteiger charge is 2.19. The van der Waals surface area contributed by atoms with Crippen LogP contribution in [0.1, 0.15) is 24.5 Å². The molecular formula is C22H20FN5S. The fourth-order valence-corrected chi connectivity index (χ4v) is 4.82. The standard InChI is InChI=1S/C22H20FN5S/c1-3-4-19-25-10-14(23)21(28-19)16-6-5-13-15(27-16)7-8-17-20(13)22-18(29-17)11-24-12(2)9-26-22/h3-8,10,12,24,26H,9,11H2,1-2H3/b4-3-/t12-/m1/s1. The summed E-state index contributed by atoms with van der Waals surface area (Å²) in [7, 11) is 0. The second-order valence-electron chi connectivity index (χ2n) is 7.19. The van der Waals surface area contributed by atoms with E-state index in [0.29, 0.717) is 17.6 Å². The third-order valence-corrected chi connectivity index (χ3v) is 6.27. The summed E-state index contributed by atoms with van der Waals surface area (Å²) in [5.41, 5.74) is 2.74. The van der Waals surface area contributed by atoms with Crippen LogP contribution in [-0.4, -0.2) is 27.5 Å². The number of anilines is 1. The maximum atomic E-state index is 14.4. The maximum Gasteiger partial charge on any atom is 0.169 e. The second kappa shape index (κ2) is 7.17. The van der Waals surface area contributed by atoms with Gasteiger partial charge >= 0.3 is 0 Å². The number of hydrogen-bond donors (Lipinski definition) is 2. The number of nitrogens with one attached hydrogen (secondary N) is 2. The first kappa shape index (κ1) is 18.1. The number of hydrogen-bond acceptors (Lipinski definition) is 6. The zero-order valence-corrected chi connectivity index (χ0v) is 17.0. The summed E-state index contributed by atoms with van der Waals surface area (Å²) in [6.07, 6.45) is 4.77. The van der Waals surface area contributed by atoms with E-state index in [1.54, 1.807) is 17.4 Å². The van der Waals surface area contributed by atoms with Crippen LogP contribution in [0, 0.1) is 5.82 Å². The number of thiophene rings is 1. The average Bonchev–Trinajstić information content (AvgIpc) is 2.99. The molecule has 29 heavy (non-hydrogen) atoms.